The minimum absolute atomic E-state index is 0.0434. The molecule has 1 aromatic carbocycles. The van der Waals surface area contributed by atoms with E-state index in [4.69, 9.17) is 14.0 Å². The Bertz CT molecular complexity index is 837. The molecule has 0 saturated heterocycles. The molecule has 7 heteroatoms. The topological polar surface area (TPSA) is 73.5 Å². The second-order valence-corrected chi connectivity index (χ2v) is 5.92. The zero-order chi connectivity index (χ0) is 17.1. The number of benzene rings is 1. The van der Waals surface area contributed by atoms with Gasteiger partial charge in [-0.1, -0.05) is 23.4 Å². The summed E-state index contributed by atoms with van der Waals surface area (Å²) in [5.74, 6) is 2.61. The number of aromatic nitrogens is 3. The van der Waals surface area contributed by atoms with Crippen molar-refractivity contribution in [2.45, 2.75) is 12.6 Å². The summed E-state index contributed by atoms with van der Waals surface area (Å²) < 4.78 is 17.0. The maximum atomic E-state index is 5.97. The van der Waals surface area contributed by atoms with Crippen LogP contribution in [-0.4, -0.2) is 46.3 Å². The molecular weight excluding hydrogens is 320 g/mol. The van der Waals surface area contributed by atoms with Crippen LogP contribution in [0.15, 0.2) is 53.2 Å². The molecule has 0 spiro atoms. The molecular formula is C18H18N4O3. The molecule has 0 unspecified atom stereocenters. The number of likely N-dealkylation sites (N-methyl/N-ethyl adjacent to an activating group) is 1. The molecule has 1 atom stereocenters. The fourth-order valence-corrected chi connectivity index (χ4v) is 2.71. The zero-order valence-corrected chi connectivity index (χ0v) is 13.8. The van der Waals surface area contributed by atoms with Crippen molar-refractivity contribution in [3.05, 3.63) is 54.6 Å². The Morgan fingerprint density at radius 2 is 1.96 bits per heavy atom. The molecule has 7 nitrogen and oxygen atoms in total. The maximum absolute atomic E-state index is 5.97. The molecule has 0 N–H and O–H groups in total. The van der Waals surface area contributed by atoms with Crippen LogP contribution in [0.25, 0.3) is 11.5 Å². The summed E-state index contributed by atoms with van der Waals surface area (Å²) in [6.45, 7) is 1.74. The number of ether oxygens (including phenoxy) is 2. The van der Waals surface area contributed by atoms with Gasteiger partial charge in [0.05, 0.1) is 6.54 Å². The molecule has 0 saturated carbocycles. The van der Waals surface area contributed by atoms with Crippen LogP contribution < -0.4 is 9.47 Å². The molecule has 0 fully saturated rings. The molecule has 2 aromatic heterocycles. The highest BCUT2D eigenvalue weighted by atomic mass is 16.6. The van der Waals surface area contributed by atoms with E-state index in [-0.39, 0.29) is 6.10 Å². The van der Waals surface area contributed by atoms with Gasteiger partial charge in [0.1, 0.15) is 18.4 Å². The minimum atomic E-state index is -0.0434. The van der Waals surface area contributed by atoms with Crippen molar-refractivity contribution >= 4 is 0 Å². The van der Waals surface area contributed by atoms with Gasteiger partial charge in [-0.15, -0.1) is 0 Å². The lowest BCUT2D eigenvalue weighted by Gasteiger charge is -2.29. The van der Waals surface area contributed by atoms with Gasteiger partial charge >= 0.3 is 0 Å². The third kappa shape index (κ3) is 3.61. The number of nitrogens with zero attached hydrogens (tertiary/aromatic N) is 4. The van der Waals surface area contributed by atoms with E-state index >= 15 is 0 Å². The summed E-state index contributed by atoms with van der Waals surface area (Å²) >= 11 is 0. The van der Waals surface area contributed by atoms with Crippen LogP contribution in [-0.2, 0) is 6.54 Å². The molecule has 3 aromatic rings. The monoisotopic (exact) mass is 338 g/mol. The highest BCUT2D eigenvalue weighted by Gasteiger charge is 2.22. The zero-order valence-electron chi connectivity index (χ0n) is 13.8. The molecule has 1 aliphatic rings. The molecule has 0 aliphatic carbocycles. The second-order valence-electron chi connectivity index (χ2n) is 5.92. The van der Waals surface area contributed by atoms with E-state index < -0.39 is 0 Å². The predicted molar refractivity (Wildman–Crippen MR) is 90.2 cm³/mol. The van der Waals surface area contributed by atoms with E-state index in [1.165, 1.54) is 0 Å². The SMILES string of the molecule is CN(Cc1nc(-c2ccccn2)no1)C[C@@H]1COc2ccccc2O1. The van der Waals surface area contributed by atoms with Crippen LogP contribution >= 0.6 is 0 Å². The van der Waals surface area contributed by atoms with Gasteiger partial charge in [-0.2, -0.15) is 4.98 Å². The molecule has 1 aliphatic heterocycles. The fourth-order valence-electron chi connectivity index (χ4n) is 2.71. The maximum Gasteiger partial charge on any atom is 0.241 e. The lowest BCUT2D eigenvalue weighted by Crippen LogP contribution is -2.39. The number of para-hydroxylation sites is 2. The van der Waals surface area contributed by atoms with Gasteiger partial charge in [0.2, 0.25) is 11.7 Å². The van der Waals surface area contributed by atoms with Crippen LogP contribution in [0.1, 0.15) is 5.89 Å². The van der Waals surface area contributed by atoms with Gasteiger partial charge < -0.3 is 14.0 Å². The van der Waals surface area contributed by atoms with Gasteiger partial charge in [0.25, 0.3) is 0 Å². The van der Waals surface area contributed by atoms with Crippen LogP contribution in [0.2, 0.25) is 0 Å². The third-order valence-electron chi connectivity index (χ3n) is 3.85. The summed E-state index contributed by atoms with van der Waals surface area (Å²) in [6.07, 6.45) is 1.66. The normalized spacial score (nSPS) is 16.2. The third-order valence-corrected chi connectivity index (χ3v) is 3.85. The van der Waals surface area contributed by atoms with Crippen LogP contribution in [0, 0.1) is 0 Å². The van der Waals surface area contributed by atoms with Gasteiger partial charge in [0.15, 0.2) is 11.5 Å². The van der Waals surface area contributed by atoms with Crippen LogP contribution in [0.5, 0.6) is 11.5 Å². The van der Waals surface area contributed by atoms with Gasteiger partial charge in [0, 0.05) is 12.7 Å². The van der Waals surface area contributed by atoms with Crippen molar-refractivity contribution in [2.75, 3.05) is 20.2 Å². The first kappa shape index (κ1) is 15.6. The lowest BCUT2D eigenvalue weighted by atomic mass is 10.2. The van der Waals surface area contributed by atoms with Crippen molar-refractivity contribution in [3.63, 3.8) is 0 Å². The Kier molecular flexibility index (Phi) is 4.30. The summed E-state index contributed by atoms with van der Waals surface area (Å²) in [4.78, 5) is 10.7. The Labute approximate surface area is 145 Å². The van der Waals surface area contributed by atoms with Crippen LogP contribution in [0.3, 0.4) is 0 Å². The van der Waals surface area contributed by atoms with E-state index in [1.807, 2.05) is 49.5 Å². The van der Waals surface area contributed by atoms with E-state index in [9.17, 15) is 0 Å². The van der Waals surface area contributed by atoms with E-state index in [2.05, 4.69) is 20.0 Å². The first-order valence-corrected chi connectivity index (χ1v) is 8.09. The molecule has 0 radical (unpaired) electrons. The van der Waals surface area contributed by atoms with Crippen molar-refractivity contribution in [1.82, 2.24) is 20.0 Å². The molecule has 0 bridgehead atoms. The summed E-state index contributed by atoms with van der Waals surface area (Å²) in [5.41, 5.74) is 0.695. The number of hydrogen-bond acceptors (Lipinski definition) is 7. The first-order valence-electron chi connectivity index (χ1n) is 8.09. The highest BCUT2D eigenvalue weighted by Crippen LogP contribution is 2.31. The molecule has 4 rings (SSSR count). The number of fused-ring (bicyclic) bond motifs is 1. The molecule has 3 heterocycles. The van der Waals surface area contributed by atoms with Crippen molar-refractivity contribution < 1.29 is 14.0 Å². The predicted octanol–water partition coefficient (Wildman–Crippen LogP) is 2.40. The average Bonchev–Trinajstić information content (AvgIpc) is 3.10. The van der Waals surface area contributed by atoms with E-state index in [0.717, 1.165) is 11.5 Å². The van der Waals surface area contributed by atoms with Crippen molar-refractivity contribution in [2.24, 2.45) is 0 Å². The summed E-state index contributed by atoms with van der Waals surface area (Å²) in [5, 5.41) is 3.98. The van der Waals surface area contributed by atoms with Gasteiger partial charge in [-0.3, -0.25) is 9.88 Å². The number of rotatable bonds is 5. The van der Waals surface area contributed by atoms with Crippen molar-refractivity contribution in [1.29, 1.82) is 0 Å². The largest absolute Gasteiger partial charge is 0.486 e. The Balaban J connectivity index is 1.35. The van der Waals surface area contributed by atoms with Crippen molar-refractivity contribution in [3.8, 4) is 23.0 Å². The molecule has 128 valence electrons. The number of hydrogen-bond donors (Lipinski definition) is 0. The van der Waals surface area contributed by atoms with Gasteiger partial charge in [-0.05, 0) is 31.3 Å². The number of pyridine rings is 1. The van der Waals surface area contributed by atoms with Gasteiger partial charge in [-0.25, -0.2) is 0 Å². The highest BCUT2D eigenvalue weighted by molar-refractivity contribution is 5.47. The molecule has 0 amide bonds. The average molecular weight is 338 g/mol. The first-order chi connectivity index (χ1) is 12.3. The molecule has 25 heavy (non-hydrogen) atoms. The van der Waals surface area contributed by atoms with E-state index in [1.54, 1.807) is 6.20 Å². The Morgan fingerprint density at radius 3 is 2.80 bits per heavy atom. The summed E-state index contributed by atoms with van der Waals surface area (Å²) in [7, 11) is 1.98. The lowest BCUT2D eigenvalue weighted by molar-refractivity contribution is 0.0613. The Morgan fingerprint density at radius 1 is 1.12 bits per heavy atom. The quantitative estimate of drug-likeness (QED) is 0.707. The van der Waals surface area contributed by atoms with E-state index in [0.29, 0.717) is 37.1 Å². The second kappa shape index (κ2) is 6.90. The fraction of sp³-hybridized carbons (Fsp3) is 0.278. The smallest absolute Gasteiger partial charge is 0.241 e. The van der Waals surface area contributed by atoms with Crippen LogP contribution in [0.4, 0.5) is 0 Å². The minimum Gasteiger partial charge on any atom is -0.486 e. The standard InChI is InChI=1S/C18H18N4O3/c1-22(10-13-12-23-15-7-2-3-8-16(15)24-13)11-17-20-18(21-25-17)14-6-4-5-9-19-14/h2-9,13H,10-12H2,1H3/t13-/m1/s1. The Hall–Kier alpha value is -2.93. The summed E-state index contributed by atoms with van der Waals surface area (Å²) in [6, 6.07) is 13.3.